The maximum Gasteiger partial charge on any atom is 0.327 e. The first-order valence-corrected chi connectivity index (χ1v) is 7.06. The molecular formula is C13H17NO3S. The maximum absolute atomic E-state index is 11.8. The number of phenolic OH excluding ortho intramolecular Hbond substituents is 1. The van der Waals surface area contributed by atoms with E-state index < -0.39 is 6.04 Å². The third kappa shape index (κ3) is 3.17. The highest BCUT2D eigenvalue weighted by Crippen LogP contribution is 2.23. The van der Waals surface area contributed by atoms with Gasteiger partial charge in [-0.1, -0.05) is 12.1 Å². The second-order valence-electron chi connectivity index (χ2n) is 4.27. The molecule has 0 saturated carbocycles. The van der Waals surface area contributed by atoms with Gasteiger partial charge in [-0.2, -0.15) is 11.8 Å². The fourth-order valence-electron chi connectivity index (χ4n) is 1.99. The molecule has 2 atom stereocenters. The van der Waals surface area contributed by atoms with Crippen molar-refractivity contribution in [2.45, 2.75) is 18.5 Å². The van der Waals surface area contributed by atoms with Crippen LogP contribution in [0.4, 0.5) is 0 Å². The molecule has 98 valence electrons. The van der Waals surface area contributed by atoms with E-state index >= 15 is 0 Å². The topological polar surface area (TPSA) is 58.6 Å². The molecule has 4 nitrogen and oxygen atoms in total. The van der Waals surface area contributed by atoms with Gasteiger partial charge in [0.1, 0.15) is 11.8 Å². The van der Waals surface area contributed by atoms with Gasteiger partial charge in [0, 0.05) is 11.8 Å². The average molecular weight is 267 g/mol. The number of benzene rings is 1. The number of rotatable bonds is 4. The number of methoxy groups -OCH3 is 1. The van der Waals surface area contributed by atoms with E-state index in [9.17, 15) is 9.90 Å². The zero-order valence-corrected chi connectivity index (χ0v) is 11.1. The quantitative estimate of drug-likeness (QED) is 0.813. The van der Waals surface area contributed by atoms with E-state index in [4.69, 9.17) is 4.74 Å². The highest BCUT2D eigenvalue weighted by atomic mass is 32.2. The van der Waals surface area contributed by atoms with Gasteiger partial charge in [-0.3, -0.25) is 5.32 Å². The second-order valence-corrected chi connectivity index (χ2v) is 5.42. The van der Waals surface area contributed by atoms with Crippen molar-refractivity contribution in [2.24, 2.45) is 0 Å². The summed E-state index contributed by atoms with van der Waals surface area (Å²) in [5, 5.41) is 12.6. The van der Waals surface area contributed by atoms with Gasteiger partial charge in [0.05, 0.1) is 7.11 Å². The first-order valence-electron chi connectivity index (χ1n) is 5.91. The Bertz CT molecular complexity index is 401. The van der Waals surface area contributed by atoms with Crippen molar-refractivity contribution >= 4 is 17.7 Å². The van der Waals surface area contributed by atoms with Crippen LogP contribution in [0.2, 0.25) is 0 Å². The number of aromatic hydroxyl groups is 1. The Hall–Kier alpha value is -1.20. The van der Waals surface area contributed by atoms with Gasteiger partial charge in [0.25, 0.3) is 0 Å². The molecule has 1 aromatic rings. The van der Waals surface area contributed by atoms with Crippen LogP contribution in [-0.4, -0.2) is 35.7 Å². The van der Waals surface area contributed by atoms with Gasteiger partial charge in [-0.05, 0) is 29.9 Å². The molecule has 0 bridgehead atoms. The van der Waals surface area contributed by atoms with E-state index in [1.165, 1.54) is 7.11 Å². The zero-order chi connectivity index (χ0) is 13.0. The van der Waals surface area contributed by atoms with Crippen molar-refractivity contribution in [1.82, 2.24) is 5.32 Å². The number of carbonyl (C=O) groups is 1. The molecule has 1 aromatic carbocycles. The molecule has 2 rings (SSSR count). The Labute approximate surface area is 111 Å². The Morgan fingerprint density at radius 1 is 1.50 bits per heavy atom. The van der Waals surface area contributed by atoms with E-state index in [1.807, 2.05) is 11.8 Å². The Balaban J connectivity index is 2.13. The molecule has 0 unspecified atom stereocenters. The van der Waals surface area contributed by atoms with Crippen LogP contribution in [0.15, 0.2) is 24.3 Å². The van der Waals surface area contributed by atoms with Crippen LogP contribution < -0.4 is 5.32 Å². The minimum absolute atomic E-state index is 0.193. The third-order valence-corrected chi connectivity index (χ3v) is 4.16. The van der Waals surface area contributed by atoms with Gasteiger partial charge in [-0.25, -0.2) is 4.79 Å². The summed E-state index contributed by atoms with van der Waals surface area (Å²) in [5.41, 5.74) is 0.816. The largest absolute Gasteiger partial charge is 0.508 e. The van der Waals surface area contributed by atoms with Crippen LogP contribution in [-0.2, 0) is 9.53 Å². The molecule has 0 aliphatic carbocycles. The van der Waals surface area contributed by atoms with Crippen molar-refractivity contribution < 1.29 is 14.6 Å². The maximum atomic E-state index is 11.8. The zero-order valence-electron chi connectivity index (χ0n) is 10.3. The minimum Gasteiger partial charge on any atom is -0.508 e. The molecule has 2 N–H and O–H groups in total. The van der Waals surface area contributed by atoms with Crippen molar-refractivity contribution in [1.29, 1.82) is 0 Å². The Kier molecular flexibility index (Phi) is 4.49. The molecule has 1 aliphatic heterocycles. The lowest BCUT2D eigenvalue weighted by Gasteiger charge is -2.20. The molecule has 1 fully saturated rings. The van der Waals surface area contributed by atoms with Gasteiger partial charge >= 0.3 is 5.97 Å². The molecular weight excluding hydrogens is 250 g/mol. The predicted octanol–water partition coefficient (Wildman–Crippen LogP) is 1.70. The molecule has 18 heavy (non-hydrogen) atoms. The third-order valence-electron chi connectivity index (χ3n) is 3.00. The molecule has 0 aromatic heterocycles. The minimum atomic E-state index is -0.459. The van der Waals surface area contributed by atoms with Crippen LogP contribution in [0, 0.1) is 0 Å². The number of esters is 1. The number of carbonyl (C=O) groups excluding carboxylic acids is 1. The molecule has 0 amide bonds. The Morgan fingerprint density at radius 3 is 2.78 bits per heavy atom. The number of thioether (sulfide) groups is 1. The average Bonchev–Trinajstić information content (AvgIpc) is 2.89. The number of phenols is 1. The summed E-state index contributed by atoms with van der Waals surface area (Å²) in [5.74, 6) is 2.04. The molecule has 1 saturated heterocycles. The molecule has 1 heterocycles. The van der Waals surface area contributed by atoms with Crippen molar-refractivity contribution in [3.63, 3.8) is 0 Å². The predicted molar refractivity (Wildman–Crippen MR) is 71.7 cm³/mol. The summed E-state index contributed by atoms with van der Waals surface area (Å²) in [4.78, 5) is 11.8. The smallest absolute Gasteiger partial charge is 0.327 e. The highest BCUT2D eigenvalue weighted by molar-refractivity contribution is 7.99. The van der Waals surface area contributed by atoms with Crippen molar-refractivity contribution in [2.75, 3.05) is 18.6 Å². The fourth-order valence-corrected chi connectivity index (χ4v) is 3.15. The van der Waals surface area contributed by atoms with E-state index in [0.29, 0.717) is 6.04 Å². The first-order chi connectivity index (χ1) is 8.70. The summed E-state index contributed by atoms with van der Waals surface area (Å²) in [7, 11) is 1.39. The molecule has 5 heteroatoms. The van der Waals surface area contributed by atoms with E-state index in [-0.39, 0.29) is 11.7 Å². The van der Waals surface area contributed by atoms with E-state index in [0.717, 1.165) is 23.5 Å². The number of hydrogen-bond acceptors (Lipinski definition) is 5. The molecule has 1 aliphatic rings. The lowest BCUT2D eigenvalue weighted by molar-refractivity contribution is -0.143. The number of ether oxygens (including phenoxy) is 1. The highest BCUT2D eigenvalue weighted by Gasteiger charge is 2.26. The van der Waals surface area contributed by atoms with Crippen LogP contribution >= 0.6 is 11.8 Å². The van der Waals surface area contributed by atoms with Crippen LogP contribution in [0.5, 0.6) is 5.75 Å². The SMILES string of the molecule is COC(=O)[C@H](N[C@@H]1CCSC1)c1ccc(O)cc1. The number of hydrogen-bond donors (Lipinski definition) is 2. The standard InChI is InChI=1S/C13H17NO3S/c1-17-13(16)12(14-10-6-7-18-8-10)9-2-4-11(15)5-3-9/h2-5,10,12,14-15H,6-8H2,1H3/t10-,12-/m1/s1. The lowest BCUT2D eigenvalue weighted by Crippen LogP contribution is -2.37. The second kappa shape index (κ2) is 6.11. The summed E-state index contributed by atoms with van der Waals surface area (Å²) in [6.45, 7) is 0. The van der Waals surface area contributed by atoms with Crippen molar-refractivity contribution in [3.8, 4) is 5.75 Å². The van der Waals surface area contributed by atoms with Gasteiger partial charge < -0.3 is 9.84 Å². The first kappa shape index (κ1) is 13.2. The van der Waals surface area contributed by atoms with E-state index in [1.54, 1.807) is 24.3 Å². The summed E-state index contributed by atoms with van der Waals surface area (Å²) < 4.78 is 4.84. The van der Waals surface area contributed by atoms with Crippen molar-refractivity contribution in [3.05, 3.63) is 29.8 Å². The number of nitrogens with one attached hydrogen (secondary N) is 1. The normalized spacial score (nSPS) is 20.6. The molecule has 0 radical (unpaired) electrons. The van der Waals surface area contributed by atoms with Gasteiger partial charge in [0.2, 0.25) is 0 Å². The molecule has 0 spiro atoms. The van der Waals surface area contributed by atoms with Gasteiger partial charge in [-0.15, -0.1) is 0 Å². The summed E-state index contributed by atoms with van der Waals surface area (Å²) in [6.07, 6.45) is 1.07. The van der Waals surface area contributed by atoms with Gasteiger partial charge in [0.15, 0.2) is 0 Å². The monoisotopic (exact) mass is 267 g/mol. The van der Waals surface area contributed by atoms with Crippen LogP contribution in [0.1, 0.15) is 18.0 Å². The van der Waals surface area contributed by atoms with Crippen LogP contribution in [0.25, 0.3) is 0 Å². The van der Waals surface area contributed by atoms with Crippen LogP contribution in [0.3, 0.4) is 0 Å². The summed E-state index contributed by atoms with van der Waals surface area (Å²) >= 11 is 1.89. The Morgan fingerprint density at radius 2 is 2.22 bits per heavy atom. The fraction of sp³-hybridized carbons (Fsp3) is 0.462. The summed E-state index contributed by atoms with van der Waals surface area (Å²) in [6, 6.07) is 6.53. The van der Waals surface area contributed by atoms with E-state index in [2.05, 4.69) is 5.32 Å². The lowest BCUT2D eigenvalue weighted by atomic mass is 10.1.